The maximum absolute atomic E-state index is 12.3. The van der Waals surface area contributed by atoms with Crippen LogP contribution in [0.3, 0.4) is 0 Å². The Hall–Kier alpha value is -2.18. The van der Waals surface area contributed by atoms with Crippen molar-refractivity contribution in [1.29, 1.82) is 0 Å². The molecular weight excluding hydrogens is 344 g/mol. The standard InChI is InChI=1S/C20H22N4OS/c25-20(21-13-7-8-13)18-10-9-17(26-18)16-6-3-11-24(16)12-19-22-14-4-1-2-5-15(14)23-19/h1-2,4-5,9-10,13,16H,3,6-8,11-12H2,(H,21,25)(H,22,23). The molecule has 26 heavy (non-hydrogen) atoms. The molecule has 134 valence electrons. The summed E-state index contributed by atoms with van der Waals surface area (Å²) in [6, 6.07) is 13.1. The molecule has 0 bridgehead atoms. The highest BCUT2D eigenvalue weighted by atomic mass is 32.1. The van der Waals surface area contributed by atoms with Crippen molar-refractivity contribution in [3.05, 3.63) is 52.0 Å². The summed E-state index contributed by atoms with van der Waals surface area (Å²) in [5.74, 6) is 1.10. The summed E-state index contributed by atoms with van der Waals surface area (Å²) in [6.07, 6.45) is 4.58. The zero-order valence-electron chi connectivity index (χ0n) is 14.6. The number of amides is 1. The van der Waals surface area contributed by atoms with Crippen molar-refractivity contribution in [3.8, 4) is 0 Å². The molecule has 2 fully saturated rings. The van der Waals surface area contributed by atoms with E-state index in [0.29, 0.717) is 12.1 Å². The molecule has 5 rings (SSSR count). The molecule has 2 aliphatic rings. The van der Waals surface area contributed by atoms with E-state index >= 15 is 0 Å². The highest BCUT2D eigenvalue weighted by molar-refractivity contribution is 7.14. The fourth-order valence-corrected chi connectivity index (χ4v) is 4.83. The quantitative estimate of drug-likeness (QED) is 0.721. The van der Waals surface area contributed by atoms with Gasteiger partial charge in [-0.25, -0.2) is 4.98 Å². The molecule has 1 amide bonds. The summed E-state index contributed by atoms with van der Waals surface area (Å²) >= 11 is 1.64. The minimum absolute atomic E-state index is 0.0885. The van der Waals surface area contributed by atoms with Crippen LogP contribution in [0.15, 0.2) is 36.4 Å². The third-order valence-corrected chi connectivity index (χ3v) is 6.43. The second kappa shape index (κ2) is 6.52. The van der Waals surface area contributed by atoms with Crippen LogP contribution in [0.25, 0.3) is 11.0 Å². The summed E-state index contributed by atoms with van der Waals surface area (Å²) in [6.45, 7) is 1.89. The molecule has 1 aliphatic heterocycles. The number of carbonyl (C=O) groups is 1. The second-order valence-corrected chi connectivity index (χ2v) is 8.39. The molecule has 1 saturated heterocycles. The molecule has 6 heteroatoms. The number of nitrogens with one attached hydrogen (secondary N) is 2. The number of likely N-dealkylation sites (tertiary alicyclic amines) is 1. The zero-order chi connectivity index (χ0) is 17.5. The first-order chi connectivity index (χ1) is 12.8. The number of fused-ring (bicyclic) bond motifs is 1. The number of carbonyl (C=O) groups excluding carboxylic acids is 1. The largest absolute Gasteiger partial charge is 0.349 e. The highest BCUT2D eigenvalue weighted by Crippen LogP contribution is 2.37. The molecule has 0 radical (unpaired) electrons. The molecule has 1 unspecified atom stereocenters. The lowest BCUT2D eigenvalue weighted by molar-refractivity contribution is 0.0955. The molecule has 2 aromatic heterocycles. The first-order valence-electron chi connectivity index (χ1n) is 9.34. The van der Waals surface area contributed by atoms with E-state index in [1.54, 1.807) is 11.3 Å². The molecule has 1 saturated carbocycles. The van der Waals surface area contributed by atoms with Crippen molar-refractivity contribution in [2.75, 3.05) is 6.54 Å². The molecule has 3 heterocycles. The summed E-state index contributed by atoms with van der Waals surface area (Å²) in [4.78, 5) is 25.0. The highest BCUT2D eigenvalue weighted by Gasteiger charge is 2.29. The van der Waals surface area contributed by atoms with Crippen molar-refractivity contribution in [3.63, 3.8) is 0 Å². The normalized spacial score (nSPS) is 20.7. The van der Waals surface area contributed by atoms with E-state index in [2.05, 4.69) is 27.3 Å². The number of hydrogen-bond donors (Lipinski definition) is 2. The number of thiophene rings is 1. The SMILES string of the molecule is O=C(NC1CC1)c1ccc(C2CCCN2Cc2nc3ccccc3[nH]2)s1. The maximum Gasteiger partial charge on any atom is 0.261 e. The van der Waals surface area contributed by atoms with Crippen LogP contribution in [0.2, 0.25) is 0 Å². The maximum atomic E-state index is 12.3. The Morgan fingerprint density at radius 2 is 2.12 bits per heavy atom. The number of aromatic amines is 1. The number of imidazole rings is 1. The minimum atomic E-state index is 0.0885. The molecular formula is C20H22N4OS. The number of hydrogen-bond acceptors (Lipinski definition) is 4. The van der Waals surface area contributed by atoms with Crippen LogP contribution in [0.1, 0.15) is 52.1 Å². The van der Waals surface area contributed by atoms with Gasteiger partial charge in [0.2, 0.25) is 0 Å². The third-order valence-electron chi connectivity index (χ3n) is 5.25. The van der Waals surface area contributed by atoms with Gasteiger partial charge < -0.3 is 10.3 Å². The van der Waals surface area contributed by atoms with Gasteiger partial charge in [0.1, 0.15) is 5.82 Å². The lowest BCUT2D eigenvalue weighted by Crippen LogP contribution is -2.24. The molecule has 5 nitrogen and oxygen atoms in total. The molecule has 2 N–H and O–H groups in total. The summed E-state index contributed by atoms with van der Waals surface area (Å²) in [5, 5.41) is 3.08. The lowest BCUT2D eigenvalue weighted by Gasteiger charge is -2.22. The lowest BCUT2D eigenvalue weighted by atomic mass is 10.2. The van der Waals surface area contributed by atoms with Crippen LogP contribution in [-0.2, 0) is 6.54 Å². The van der Waals surface area contributed by atoms with Crippen molar-refractivity contribution in [1.82, 2.24) is 20.2 Å². The Morgan fingerprint density at radius 1 is 1.23 bits per heavy atom. The molecule has 1 aliphatic carbocycles. The molecule has 1 aromatic carbocycles. The topological polar surface area (TPSA) is 61.0 Å². The average Bonchev–Trinajstić information content (AvgIpc) is 3.06. The Morgan fingerprint density at radius 3 is 2.96 bits per heavy atom. The van der Waals surface area contributed by atoms with Crippen molar-refractivity contribution < 1.29 is 4.79 Å². The van der Waals surface area contributed by atoms with Crippen LogP contribution in [0.5, 0.6) is 0 Å². The summed E-state index contributed by atoms with van der Waals surface area (Å²) in [7, 11) is 0. The summed E-state index contributed by atoms with van der Waals surface area (Å²) < 4.78 is 0. The fraction of sp³-hybridized carbons (Fsp3) is 0.400. The van der Waals surface area contributed by atoms with E-state index in [0.717, 1.165) is 54.1 Å². The van der Waals surface area contributed by atoms with Gasteiger partial charge in [-0.3, -0.25) is 9.69 Å². The van der Waals surface area contributed by atoms with E-state index in [1.807, 2.05) is 24.3 Å². The van der Waals surface area contributed by atoms with Crippen LogP contribution in [0, 0.1) is 0 Å². The van der Waals surface area contributed by atoms with Crippen LogP contribution in [-0.4, -0.2) is 33.4 Å². The van der Waals surface area contributed by atoms with Gasteiger partial charge in [-0.2, -0.15) is 0 Å². The number of H-pyrrole nitrogens is 1. The number of aromatic nitrogens is 2. The molecule has 1 atom stereocenters. The van der Waals surface area contributed by atoms with Gasteiger partial charge in [0, 0.05) is 17.0 Å². The predicted octanol–water partition coefficient (Wildman–Crippen LogP) is 3.85. The Bertz CT molecular complexity index is 909. The van der Waals surface area contributed by atoms with Crippen molar-refractivity contribution in [2.45, 2.75) is 44.3 Å². The van der Waals surface area contributed by atoms with E-state index in [4.69, 9.17) is 4.98 Å². The Labute approximate surface area is 156 Å². The smallest absolute Gasteiger partial charge is 0.261 e. The van der Waals surface area contributed by atoms with E-state index in [9.17, 15) is 4.79 Å². The van der Waals surface area contributed by atoms with Crippen molar-refractivity contribution in [2.24, 2.45) is 0 Å². The van der Waals surface area contributed by atoms with Gasteiger partial charge >= 0.3 is 0 Å². The second-order valence-electron chi connectivity index (χ2n) is 7.28. The first-order valence-corrected chi connectivity index (χ1v) is 10.2. The zero-order valence-corrected chi connectivity index (χ0v) is 15.4. The monoisotopic (exact) mass is 366 g/mol. The van der Waals surface area contributed by atoms with Gasteiger partial charge in [0.05, 0.1) is 22.5 Å². The van der Waals surface area contributed by atoms with Crippen molar-refractivity contribution >= 4 is 28.3 Å². The van der Waals surface area contributed by atoms with Crippen LogP contribution >= 0.6 is 11.3 Å². The predicted molar refractivity (Wildman–Crippen MR) is 103 cm³/mol. The van der Waals surface area contributed by atoms with E-state index in [1.165, 1.54) is 11.3 Å². The van der Waals surface area contributed by atoms with E-state index < -0.39 is 0 Å². The number of nitrogens with zero attached hydrogens (tertiary/aromatic N) is 2. The first kappa shape index (κ1) is 16.0. The van der Waals surface area contributed by atoms with Gasteiger partial charge in [0.25, 0.3) is 5.91 Å². The Balaban J connectivity index is 1.32. The third kappa shape index (κ3) is 3.15. The van der Waals surface area contributed by atoms with Gasteiger partial charge in [-0.1, -0.05) is 12.1 Å². The van der Waals surface area contributed by atoms with E-state index in [-0.39, 0.29) is 5.91 Å². The van der Waals surface area contributed by atoms with Gasteiger partial charge in [0.15, 0.2) is 0 Å². The minimum Gasteiger partial charge on any atom is -0.349 e. The summed E-state index contributed by atoms with van der Waals surface area (Å²) in [5.41, 5.74) is 2.11. The van der Waals surface area contributed by atoms with Crippen LogP contribution in [0.4, 0.5) is 0 Å². The number of para-hydroxylation sites is 2. The van der Waals surface area contributed by atoms with Gasteiger partial charge in [-0.05, 0) is 56.5 Å². The molecule has 0 spiro atoms. The Kier molecular flexibility index (Phi) is 4.02. The van der Waals surface area contributed by atoms with Crippen LogP contribution < -0.4 is 5.32 Å². The molecule has 3 aromatic rings. The fourth-order valence-electron chi connectivity index (χ4n) is 3.75. The van der Waals surface area contributed by atoms with Gasteiger partial charge in [-0.15, -0.1) is 11.3 Å². The average molecular weight is 366 g/mol. The number of rotatable bonds is 5. The number of benzene rings is 1.